The molecule has 1 amide bonds. The maximum Gasteiger partial charge on any atom is 0.221 e. The van der Waals surface area contributed by atoms with Gasteiger partial charge < -0.3 is 15.2 Å². The Hall–Kier alpha value is -3.11. The molecule has 1 aliphatic heterocycles. The molecule has 0 aliphatic carbocycles. The molecule has 1 atom stereocenters. The SMILES string of the molecule is O=C(CC(c1ccccc1)c1ccccc1)NC[C@@]1(O)CCOc2ccccc21. The molecule has 2 N–H and O–H groups in total. The van der Waals surface area contributed by atoms with Crippen LogP contribution in [-0.2, 0) is 10.4 Å². The molecule has 0 unspecified atom stereocenters. The van der Waals surface area contributed by atoms with Crippen LogP contribution in [0.2, 0.25) is 0 Å². The summed E-state index contributed by atoms with van der Waals surface area (Å²) in [7, 11) is 0. The van der Waals surface area contributed by atoms with E-state index in [0.29, 0.717) is 25.2 Å². The summed E-state index contributed by atoms with van der Waals surface area (Å²) in [6.07, 6.45) is 0.771. The number of para-hydroxylation sites is 1. The van der Waals surface area contributed by atoms with Crippen LogP contribution in [0.15, 0.2) is 84.9 Å². The van der Waals surface area contributed by atoms with E-state index in [9.17, 15) is 9.90 Å². The fraction of sp³-hybridized carbons (Fsp3) is 0.240. The lowest BCUT2D eigenvalue weighted by Gasteiger charge is -2.34. The Kier molecular flexibility index (Phi) is 5.63. The average molecular weight is 387 g/mol. The molecule has 4 rings (SSSR count). The van der Waals surface area contributed by atoms with Crippen LogP contribution in [0.25, 0.3) is 0 Å². The van der Waals surface area contributed by atoms with Gasteiger partial charge in [0.15, 0.2) is 0 Å². The molecule has 0 spiro atoms. The van der Waals surface area contributed by atoms with E-state index in [0.717, 1.165) is 16.7 Å². The molecule has 29 heavy (non-hydrogen) atoms. The summed E-state index contributed by atoms with van der Waals surface area (Å²) in [6, 6.07) is 27.6. The lowest BCUT2D eigenvalue weighted by atomic mass is 9.87. The molecular weight excluding hydrogens is 362 g/mol. The first kappa shape index (κ1) is 19.2. The molecule has 4 nitrogen and oxygen atoms in total. The highest BCUT2D eigenvalue weighted by molar-refractivity contribution is 5.77. The van der Waals surface area contributed by atoms with E-state index in [2.05, 4.69) is 5.32 Å². The zero-order valence-corrected chi connectivity index (χ0v) is 16.3. The van der Waals surface area contributed by atoms with Gasteiger partial charge in [-0.2, -0.15) is 0 Å². The molecular formula is C25H25NO3. The second-order valence-corrected chi connectivity index (χ2v) is 7.48. The highest BCUT2D eigenvalue weighted by Crippen LogP contribution is 2.36. The van der Waals surface area contributed by atoms with Gasteiger partial charge in [0, 0.05) is 24.3 Å². The van der Waals surface area contributed by atoms with Crippen LogP contribution >= 0.6 is 0 Å². The highest BCUT2D eigenvalue weighted by Gasteiger charge is 2.36. The largest absolute Gasteiger partial charge is 0.493 e. The fourth-order valence-electron chi connectivity index (χ4n) is 3.93. The van der Waals surface area contributed by atoms with Gasteiger partial charge in [0.1, 0.15) is 11.4 Å². The van der Waals surface area contributed by atoms with Gasteiger partial charge in [-0.05, 0) is 17.2 Å². The zero-order valence-electron chi connectivity index (χ0n) is 16.3. The van der Waals surface area contributed by atoms with Crippen LogP contribution in [0.3, 0.4) is 0 Å². The molecule has 0 aromatic heterocycles. The number of aliphatic hydroxyl groups is 1. The number of fused-ring (bicyclic) bond motifs is 1. The maximum absolute atomic E-state index is 12.8. The van der Waals surface area contributed by atoms with Crippen molar-refractivity contribution >= 4 is 5.91 Å². The minimum Gasteiger partial charge on any atom is -0.493 e. The first-order chi connectivity index (χ1) is 14.2. The van der Waals surface area contributed by atoms with Crippen molar-refractivity contribution in [1.29, 1.82) is 0 Å². The van der Waals surface area contributed by atoms with Gasteiger partial charge in [-0.1, -0.05) is 78.9 Å². The predicted molar refractivity (Wildman–Crippen MR) is 113 cm³/mol. The van der Waals surface area contributed by atoms with Gasteiger partial charge in [-0.15, -0.1) is 0 Å². The van der Waals surface area contributed by atoms with Crippen molar-refractivity contribution in [2.75, 3.05) is 13.2 Å². The molecule has 3 aromatic rings. The summed E-state index contributed by atoms with van der Waals surface area (Å²) < 4.78 is 5.63. The van der Waals surface area contributed by atoms with Crippen molar-refractivity contribution in [3.05, 3.63) is 102 Å². The van der Waals surface area contributed by atoms with Crippen molar-refractivity contribution in [3.8, 4) is 5.75 Å². The summed E-state index contributed by atoms with van der Waals surface area (Å²) >= 11 is 0. The van der Waals surface area contributed by atoms with Crippen LogP contribution in [0.1, 0.15) is 35.4 Å². The van der Waals surface area contributed by atoms with Crippen molar-refractivity contribution < 1.29 is 14.6 Å². The normalized spacial score (nSPS) is 18.0. The fourth-order valence-corrected chi connectivity index (χ4v) is 3.93. The summed E-state index contributed by atoms with van der Waals surface area (Å²) in [4.78, 5) is 12.8. The third-order valence-corrected chi connectivity index (χ3v) is 5.53. The molecule has 4 heteroatoms. The first-order valence-electron chi connectivity index (χ1n) is 9.97. The maximum atomic E-state index is 12.8. The Balaban J connectivity index is 1.48. The highest BCUT2D eigenvalue weighted by atomic mass is 16.5. The van der Waals surface area contributed by atoms with E-state index >= 15 is 0 Å². The predicted octanol–water partition coefficient (Wildman–Crippen LogP) is 4.00. The Morgan fingerprint density at radius 2 is 1.52 bits per heavy atom. The molecule has 1 aliphatic rings. The van der Waals surface area contributed by atoms with Crippen molar-refractivity contribution in [1.82, 2.24) is 5.32 Å². The van der Waals surface area contributed by atoms with E-state index in [1.807, 2.05) is 84.9 Å². The number of amides is 1. The van der Waals surface area contributed by atoms with Gasteiger partial charge >= 0.3 is 0 Å². The third-order valence-electron chi connectivity index (χ3n) is 5.53. The first-order valence-corrected chi connectivity index (χ1v) is 9.97. The molecule has 1 heterocycles. The Morgan fingerprint density at radius 1 is 0.931 bits per heavy atom. The molecule has 0 saturated carbocycles. The summed E-state index contributed by atoms with van der Waals surface area (Å²) in [6.45, 7) is 0.600. The Labute approximate surface area is 171 Å². The Morgan fingerprint density at radius 3 is 2.17 bits per heavy atom. The molecule has 0 saturated heterocycles. The number of hydrogen-bond donors (Lipinski definition) is 2. The zero-order chi connectivity index (χ0) is 20.1. The molecule has 0 bridgehead atoms. The van der Waals surface area contributed by atoms with E-state index in [4.69, 9.17) is 4.74 Å². The average Bonchev–Trinajstić information content (AvgIpc) is 2.78. The lowest BCUT2D eigenvalue weighted by Crippen LogP contribution is -2.44. The number of nitrogens with one attached hydrogen (secondary N) is 1. The smallest absolute Gasteiger partial charge is 0.221 e. The van der Waals surface area contributed by atoms with Gasteiger partial charge in [-0.3, -0.25) is 4.79 Å². The summed E-state index contributed by atoms with van der Waals surface area (Å²) in [5.41, 5.74) is 1.82. The molecule has 3 aromatic carbocycles. The second kappa shape index (κ2) is 8.50. The second-order valence-electron chi connectivity index (χ2n) is 7.48. The van der Waals surface area contributed by atoms with Gasteiger partial charge in [0.2, 0.25) is 5.91 Å². The summed E-state index contributed by atoms with van der Waals surface area (Å²) in [5.74, 6) is 0.566. The van der Waals surface area contributed by atoms with E-state index in [1.54, 1.807) is 0 Å². The number of hydrogen-bond acceptors (Lipinski definition) is 3. The molecule has 0 radical (unpaired) electrons. The minimum absolute atomic E-state index is 0.0333. The Bertz CT molecular complexity index is 919. The van der Waals surface area contributed by atoms with Crippen molar-refractivity contribution in [2.24, 2.45) is 0 Å². The number of ether oxygens (including phenoxy) is 1. The van der Waals surface area contributed by atoms with Crippen molar-refractivity contribution in [3.63, 3.8) is 0 Å². The lowest BCUT2D eigenvalue weighted by molar-refractivity contribution is -0.123. The third kappa shape index (κ3) is 4.33. The number of carbonyl (C=O) groups excluding carboxylic acids is 1. The van der Waals surface area contributed by atoms with Crippen LogP contribution < -0.4 is 10.1 Å². The quantitative estimate of drug-likeness (QED) is 0.672. The number of carbonyl (C=O) groups is 1. The summed E-state index contributed by atoms with van der Waals surface area (Å²) in [5, 5.41) is 14.1. The van der Waals surface area contributed by atoms with E-state index in [-0.39, 0.29) is 18.4 Å². The topological polar surface area (TPSA) is 58.6 Å². The van der Waals surface area contributed by atoms with E-state index < -0.39 is 5.60 Å². The van der Waals surface area contributed by atoms with Gasteiger partial charge in [-0.25, -0.2) is 0 Å². The number of rotatable bonds is 6. The van der Waals surface area contributed by atoms with Crippen LogP contribution in [-0.4, -0.2) is 24.2 Å². The van der Waals surface area contributed by atoms with Gasteiger partial charge in [0.25, 0.3) is 0 Å². The minimum atomic E-state index is -1.11. The van der Waals surface area contributed by atoms with E-state index in [1.165, 1.54) is 0 Å². The standard InChI is InChI=1S/C25H25NO3/c27-24(26-18-25(28)15-16-29-23-14-8-7-13-22(23)25)17-21(19-9-3-1-4-10-19)20-11-5-2-6-12-20/h1-14,21,28H,15-18H2,(H,26,27)/t25-/m0/s1. The van der Waals surface area contributed by atoms with Crippen LogP contribution in [0.4, 0.5) is 0 Å². The monoisotopic (exact) mass is 387 g/mol. The van der Waals surface area contributed by atoms with Crippen LogP contribution in [0, 0.1) is 0 Å². The van der Waals surface area contributed by atoms with Crippen LogP contribution in [0.5, 0.6) is 5.75 Å². The van der Waals surface area contributed by atoms with Crippen molar-refractivity contribution in [2.45, 2.75) is 24.4 Å². The molecule has 148 valence electrons. The number of benzene rings is 3. The van der Waals surface area contributed by atoms with Gasteiger partial charge in [0.05, 0.1) is 13.2 Å². The molecule has 0 fully saturated rings.